The van der Waals surface area contributed by atoms with Crippen molar-refractivity contribution in [1.82, 2.24) is 4.90 Å². The largest absolute Gasteiger partial charge is 0.507 e. The van der Waals surface area contributed by atoms with Crippen LogP contribution in [0.15, 0.2) is 12.1 Å². The fourth-order valence-electron chi connectivity index (χ4n) is 1.90. The van der Waals surface area contributed by atoms with Crippen molar-refractivity contribution in [3.8, 4) is 5.75 Å². The Kier molecular flexibility index (Phi) is 5.32. The lowest BCUT2D eigenvalue weighted by atomic mass is 10.0. The lowest BCUT2D eigenvalue weighted by Crippen LogP contribution is -2.17. The van der Waals surface area contributed by atoms with Gasteiger partial charge in [0.1, 0.15) is 5.75 Å². The molecule has 0 aliphatic carbocycles. The average Bonchev–Trinajstić information content (AvgIpc) is 2.32. The highest BCUT2D eigenvalue weighted by atomic mass is 16.5. The number of nitrogens with zero attached hydrogens (tertiary/aromatic N) is 1. The number of esters is 1. The highest BCUT2D eigenvalue weighted by molar-refractivity contribution is 5.77. The predicted molar refractivity (Wildman–Crippen MR) is 71.8 cm³/mol. The summed E-state index contributed by atoms with van der Waals surface area (Å²) in [5.74, 6) is -0.806. The number of carbonyl (C=O) groups excluding carboxylic acids is 1. The predicted octanol–water partition coefficient (Wildman–Crippen LogP) is 1.36. The zero-order valence-electron chi connectivity index (χ0n) is 11.8. The Hall–Kier alpha value is -1.59. The van der Waals surface area contributed by atoms with E-state index in [0.717, 1.165) is 5.56 Å². The fraction of sp³-hybridized carbons (Fsp3) is 0.500. The van der Waals surface area contributed by atoms with E-state index in [2.05, 4.69) is 0 Å². The third-order valence-electron chi connectivity index (χ3n) is 2.65. The molecular weight excluding hydrogens is 246 g/mol. The summed E-state index contributed by atoms with van der Waals surface area (Å²) in [5, 5.41) is 20.1. The molecular formula is C14H21NO4. The van der Waals surface area contributed by atoms with E-state index in [1.807, 2.05) is 32.0 Å². The zero-order valence-corrected chi connectivity index (χ0v) is 11.8. The Bertz CT molecular complexity index is 457. The number of aryl methyl sites for hydroxylation is 1. The van der Waals surface area contributed by atoms with Crippen molar-refractivity contribution < 1.29 is 19.7 Å². The van der Waals surface area contributed by atoms with E-state index in [1.165, 1.54) is 0 Å². The Labute approximate surface area is 113 Å². The van der Waals surface area contributed by atoms with Crippen LogP contribution < -0.4 is 0 Å². The summed E-state index contributed by atoms with van der Waals surface area (Å²) in [6, 6.07) is 3.42. The van der Waals surface area contributed by atoms with Crippen molar-refractivity contribution in [1.29, 1.82) is 0 Å². The summed E-state index contributed by atoms with van der Waals surface area (Å²) >= 11 is 0. The van der Waals surface area contributed by atoms with Gasteiger partial charge in [0, 0.05) is 17.7 Å². The lowest BCUT2D eigenvalue weighted by molar-refractivity contribution is -0.153. The number of hydrogen-bond donors (Lipinski definition) is 2. The van der Waals surface area contributed by atoms with Crippen LogP contribution in [-0.4, -0.2) is 41.8 Å². The second kappa shape index (κ2) is 6.54. The standard InChI is InChI=1S/C14H21NO4/c1-5-19-14(18)13(17)11-7-9(2)6-10(12(11)16)8-15(3)4/h6-7,13,16-17H,5,8H2,1-4H3. The maximum atomic E-state index is 11.5. The van der Waals surface area contributed by atoms with Crippen LogP contribution in [0.25, 0.3) is 0 Å². The molecule has 0 saturated heterocycles. The van der Waals surface area contributed by atoms with E-state index in [4.69, 9.17) is 4.74 Å². The van der Waals surface area contributed by atoms with E-state index < -0.39 is 12.1 Å². The monoisotopic (exact) mass is 267 g/mol. The summed E-state index contributed by atoms with van der Waals surface area (Å²) in [4.78, 5) is 13.4. The maximum absolute atomic E-state index is 11.5. The van der Waals surface area contributed by atoms with Gasteiger partial charge in [-0.25, -0.2) is 4.79 Å². The third kappa shape index (κ3) is 3.94. The molecule has 0 spiro atoms. The molecule has 0 bridgehead atoms. The first-order chi connectivity index (χ1) is 8.86. The number of aliphatic hydroxyl groups excluding tert-OH is 1. The molecule has 0 amide bonds. The van der Waals surface area contributed by atoms with E-state index >= 15 is 0 Å². The SMILES string of the molecule is CCOC(=O)C(O)c1cc(C)cc(CN(C)C)c1O. The molecule has 5 heteroatoms. The summed E-state index contributed by atoms with van der Waals surface area (Å²) in [6.07, 6.45) is -1.46. The number of ether oxygens (including phenoxy) is 1. The van der Waals surface area contributed by atoms with Crippen LogP contribution in [0.4, 0.5) is 0 Å². The molecule has 0 radical (unpaired) electrons. The number of benzene rings is 1. The summed E-state index contributed by atoms with van der Waals surface area (Å²) in [6.45, 7) is 4.22. The van der Waals surface area contributed by atoms with Gasteiger partial charge in [0.25, 0.3) is 0 Å². The minimum Gasteiger partial charge on any atom is -0.507 e. The first-order valence-electron chi connectivity index (χ1n) is 6.18. The van der Waals surface area contributed by atoms with Crippen LogP contribution in [0.3, 0.4) is 0 Å². The van der Waals surface area contributed by atoms with Gasteiger partial charge >= 0.3 is 5.97 Å². The Morgan fingerprint density at radius 3 is 2.58 bits per heavy atom. The molecule has 0 aliphatic heterocycles. The molecule has 0 saturated carbocycles. The summed E-state index contributed by atoms with van der Waals surface area (Å²) < 4.78 is 4.76. The molecule has 0 aromatic heterocycles. The second-order valence-electron chi connectivity index (χ2n) is 4.75. The molecule has 1 rings (SSSR count). The van der Waals surface area contributed by atoms with Crippen molar-refractivity contribution in [3.05, 3.63) is 28.8 Å². The first-order valence-corrected chi connectivity index (χ1v) is 6.18. The number of phenols is 1. The molecule has 5 nitrogen and oxygen atoms in total. The van der Waals surface area contributed by atoms with Crippen molar-refractivity contribution in [2.75, 3.05) is 20.7 Å². The third-order valence-corrected chi connectivity index (χ3v) is 2.65. The number of rotatable bonds is 5. The van der Waals surface area contributed by atoms with Crippen LogP contribution in [0.2, 0.25) is 0 Å². The molecule has 1 aromatic rings. The van der Waals surface area contributed by atoms with Crippen molar-refractivity contribution in [3.63, 3.8) is 0 Å². The maximum Gasteiger partial charge on any atom is 0.339 e. The van der Waals surface area contributed by atoms with Gasteiger partial charge in [-0.15, -0.1) is 0 Å². The number of hydrogen-bond acceptors (Lipinski definition) is 5. The van der Waals surface area contributed by atoms with Crippen LogP contribution in [0.5, 0.6) is 5.75 Å². The van der Waals surface area contributed by atoms with Crippen LogP contribution in [-0.2, 0) is 16.1 Å². The Morgan fingerprint density at radius 2 is 2.05 bits per heavy atom. The molecule has 1 unspecified atom stereocenters. The van der Waals surface area contributed by atoms with Crippen molar-refractivity contribution >= 4 is 5.97 Å². The first kappa shape index (κ1) is 15.5. The summed E-state index contributed by atoms with van der Waals surface area (Å²) in [7, 11) is 3.76. The van der Waals surface area contributed by atoms with Gasteiger partial charge < -0.3 is 19.8 Å². The van der Waals surface area contributed by atoms with Crippen molar-refractivity contribution in [2.45, 2.75) is 26.5 Å². The second-order valence-corrected chi connectivity index (χ2v) is 4.75. The molecule has 0 aliphatic rings. The van der Waals surface area contributed by atoms with Crippen LogP contribution in [0, 0.1) is 6.92 Å². The Morgan fingerprint density at radius 1 is 1.42 bits per heavy atom. The quantitative estimate of drug-likeness (QED) is 0.788. The average molecular weight is 267 g/mol. The molecule has 2 N–H and O–H groups in total. The fourth-order valence-corrected chi connectivity index (χ4v) is 1.90. The zero-order chi connectivity index (χ0) is 14.6. The van der Waals surface area contributed by atoms with E-state index in [9.17, 15) is 15.0 Å². The van der Waals surface area contributed by atoms with Gasteiger partial charge in [-0.05, 0) is 34.0 Å². The molecule has 0 fully saturated rings. The van der Waals surface area contributed by atoms with Crippen LogP contribution in [0.1, 0.15) is 29.7 Å². The van der Waals surface area contributed by atoms with E-state index in [1.54, 1.807) is 13.0 Å². The number of aliphatic hydroxyl groups is 1. The molecule has 1 atom stereocenters. The van der Waals surface area contributed by atoms with E-state index in [0.29, 0.717) is 12.1 Å². The topological polar surface area (TPSA) is 70.0 Å². The van der Waals surface area contributed by atoms with Crippen LogP contribution >= 0.6 is 0 Å². The van der Waals surface area contributed by atoms with Gasteiger partial charge in [0.2, 0.25) is 0 Å². The molecule has 19 heavy (non-hydrogen) atoms. The number of phenolic OH excluding ortho intramolecular Hbond substituents is 1. The van der Waals surface area contributed by atoms with E-state index in [-0.39, 0.29) is 17.9 Å². The smallest absolute Gasteiger partial charge is 0.339 e. The minimum absolute atomic E-state index is 0.0557. The van der Waals surface area contributed by atoms with Gasteiger partial charge in [0.05, 0.1) is 6.61 Å². The lowest BCUT2D eigenvalue weighted by Gasteiger charge is -2.17. The normalized spacial score (nSPS) is 12.5. The molecule has 1 aromatic carbocycles. The number of aromatic hydroxyl groups is 1. The highest BCUT2D eigenvalue weighted by Crippen LogP contribution is 2.31. The van der Waals surface area contributed by atoms with Gasteiger partial charge in [-0.1, -0.05) is 11.6 Å². The highest BCUT2D eigenvalue weighted by Gasteiger charge is 2.23. The minimum atomic E-state index is -1.46. The Balaban J connectivity index is 3.13. The summed E-state index contributed by atoms with van der Waals surface area (Å²) in [5.41, 5.74) is 1.73. The van der Waals surface area contributed by atoms with Gasteiger partial charge in [-0.3, -0.25) is 0 Å². The van der Waals surface area contributed by atoms with Gasteiger partial charge in [0.15, 0.2) is 6.10 Å². The van der Waals surface area contributed by atoms with Gasteiger partial charge in [-0.2, -0.15) is 0 Å². The van der Waals surface area contributed by atoms with Crippen molar-refractivity contribution in [2.24, 2.45) is 0 Å². The molecule has 0 heterocycles. The number of carbonyl (C=O) groups is 1. The molecule has 106 valence electrons.